The van der Waals surface area contributed by atoms with E-state index >= 15 is 0 Å². The number of aromatic nitrogens is 4. The maximum atomic E-state index is 12.6. The number of hydrogen-bond donors (Lipinski definition) is 1. The zero-order valence-corrected chi connectivity index (χ0v) is 15.8. The van der Waals surface area contributed by atoms with Gasteiger partial charge in [-0.2, -0.15) is 13.5 Å². The van der Waals surface area contributed by atoms with Gasteiger partial charge in [0.15, 0.2) is 0 Å². The molecular weight excluding hydrogens is 392 g/mol. The SMILES string of the molecule is Cc1ccc(-n2nnnc2SCC(=O)Nc2ccccc2SC(F)F)cc1. The summed E-state index contributed by atoms with van der Waals surface area (Å²) in [5.74, 6) is -2.85. The molecule has 0 aliphatic rings. The Hall–Kier alpha value is -2.46. The summed E-state index contributed by atoms with van der Waals surface area (Å²) in [7, 11) is 0. The fourth-order valence-corrected chi connectivity index (χ4v) is 3.49. The third-order valence-corrected chi connectivity index (χ3v) is 5.14. The summed E-state index contributed by atoms with van der Waals surface area (Å²) in [6.45, 7) is 1.98. The average molecular weight is 407 g/mol. The van der Waals surface area contributed by atoms with E-state index in [1.807, 2.05) is 31.2 Å². The Morgan fingerprint density at radius 3 is 2.67 bits per heavy atom. The van der Waals surface area contributed by atoms with Gasteiger partial charge in [-0.05, 0) is 41.6 Å². The van der Waals surface area contributed by atoms with E-state index in [2.05, 4.69) is 20.8 Å². The normalized spacial score (nSPS) is 11.0. The fourth-order valence-electron chi connectivity index (χ4n) is 2.20. The molecule has 0 fully saturated rings. The van der Waals surface area contributed by atoms with Crippen LogP contribution in [0, 0.1) is 6.92 Å². The number of hydrogen-bond acceptors (Lipinski definition) is 6. The second-order valence-electron chi connectivity index (χ2n) is 5.42. The van der Waals surface area contributed by atoms with Gasteiger partial charge in [0.2, 0.25) is 11.1 Å². The molecule has 1 heterocycles. The number of rotatable bonds is 7. The molecule has 3 rings (SSSR count). The van der Waals surface area contributed by atoms with Crippen LogP contribution >= 0.6 is 23.5 Å². The first-order chi connectivity index (χ1) is 13.0. The molecule has 0 aliphatic heterocycles. The molecule has 0 spiro atoms. The van der Waals surface area contributed by atoms with E-state index in [-0.39, 0.29) is 11.7 Å². The van der Waals surface area contributed by atoms with Crippen LogP contribution in [-0.2, 0) is 4.79 Å². The number of aryl methyl sites for hydroxylation is 1. The number of benzene rings is 2. The number of anilines is 1. The first-order valence-corrected chi connectivity index (χ1v) is 9.71. The summed E-state index contributed by atoms with van der Waals surface area (Å²) >= 11 is 1.55. The number of alkyl halides is 2. The minimum Gasteiger partial charge on any atom is -0.324 e. The Labute approximate surface area is 162 Å². The first-order valence-electron chi connectivity index (χ1n) is 7.85. The van der Waals surface area contributed by atoms with E-state index in [1.165, 1.54) is 10.7 Å². The quantitative estimate of drug-likeness (QED) is 0.597. The van der Waals surface area contributed by atoms with Crippen molar-refractivity contribution in [3.05, 3.63) is 54.1 Å². The Morgan fingerprint density at radius 1 is 1.19 bits per heavy atom. The summed E-state index contributed by atoms with van der Waals surface area (Å²) in [5, 5.41) is 14.6. The van der Waals surface area contributed by atoms with Crippen LogP contribution in [0.3, 0.4) is 0 Å². The molecule has 1 amide bonds. The highest BCUT2D eigenvalue weighted by Crippen LogP contribution is 2.31. The fraction of sp³-hybridized carbons (Fsp3) is 0.176. The Morgan fingerprint density at radius 2 is 1.93 bits per heavy atom. The van der Waals surface area contributed by atoms with Gasteiger partial charge in [0.05, 0.1) is 17.1 Å². The van der Waals surface area contributed by atoms with Crippen LogP contribution in [0.4, 0.5) is 14.5 Å². The van der Waals surface area contributed by atoms with Gasteiger partial charge < -0.3 is 5.32 Å². The van der Waals surface area contributed by atoms with Crippen LogP contribution in [0.1, 0.15) is 5.56 Å². The molecule has 10 heteroatoms. The van der Waals surface area contributed by atoms with E-state index in [0.29, 0.717) is 27.5 Å². The smallest absolute Gasteiger partial charge is 0.288 e. The monoisotopic (exact) mass is 407 g/mol. The predicted molar refractivity (Wildman–Crippen MR) is 102 cm³/mol. The Kier molecular flexibility index (Phi) is 6.40. The number of carbonyl (C=O) groups is 1. The van der Waals surface area contributed by atoms with Crippen molar-refractivity contribution in [1.29, 1.82) is 0 Å². The van der Waals surface area contributed by atoms with Gasteiger partial charge in [-0.25, -0.2) is 0 Å². The molecule has 6 nitrogen and oxygen atoms in total. The van der Waals surface area contributed by atoms with E-state index < -0.39 is 5.76 Å². The summed E-state index contributed by atoms with van der Waals surface area (Å²) in [5.41, 5.74) is 2.25. The standard InChI is InChI=1S/C17H15F2N5OS2/c1-11-6-8-12(9-7-11)24-17(21-22-23-24)26-10-15(25)20-13-4-2-3-5-14(13)27-16(18)19/h2-9,16H,10H2,1H3,(H,20,25). The largest absolute Gasteiger partial charge is 0.324 e. The van der Waals surface area contributed by atoms with E-state index in [4.69, 9.17) is 0 Å². The van der Waals surface area contributed by atoms with Crippen molar-refractivity contribution in [2.75, 3.05) is 11.1 Å². The highest BCUT2D eigenvalue weighted by atomic mass is 32.2. The van der Waals surface area contributed by atoms with Crippen molar-refractivity contribution in [3.8, 4) is 5.69 Å². The number of carbonyl (C=O) groups excluding carboxylic acids is 1. The zero-order valence-electron chi connectivity index (χ0n) is 14.2. The van der Waals surface area contributed by atoms with Gasteiger partial charge in [0, 0.05) is 4.90 Å². The molecule has 140 valence electrons. The number of nitrogens with zero attached hydrogens (tertiary/aromatic N) is 4. The predicted octanol–water partition coefficient (Wildman–Crippen LogP) is 4.02. The lowest BCUT2D eigenvalue weighted by atomic mass is 10.2. The third-order valence-electron chi connectivity index (χ3n) is 3.43. The van der Waals surface area contributed by atoms with Gasteiger partial charge in [-0.3, -0.25) is 4.79 Å². The summed E-state index contributed by atoms with van der Waals surface area (Å²) in [4.78, 5) is 12.5. The van der Waals surface area contributed by atoms with Crippen LogP contribution in [0.25, 0.3) is 5.69 Å². The lowest BCUT2D eigenvalue weighted by molar-refractivity contribution is -0.113. The molecule has 0 saturated carbocycles. The molecule has 0 saturated heterocycles. The van der Waals surface area contributed by atoms with Gasteiger partial charge in [-0.1, -0.05) is 53.4 Å². The van der Waals surface area contributed by atoms with E-state index in [0.717, 1.165) is 23.0 Å². The number of nitrogens with one attached hydrogen (secondary N) is 1. The number of halogens is 2. The minimum atomic E-state index is -2.56. The highest BCUT2D eigenvalue weighted by molar-refractivity contribution is 8.00. The second kappa shape index (κ2) is 8.96. The Bertz CT molecular complexity index is 918. The molecule has 1 aromatic heterocycles. The molecule has 0 unspecified atom stereocenters. The first kappa shape index (κ1) is 19.3. The molecule has 27 heavy (non-hydrogen) atoms. The molecule has 0 radical (unpaired) electrons. The van der Waals surface area contributed by atoms with Gasteiger partial charge in [0.1, 0.15) is 0 Å². The van der Waals surface area contributed by atoms with Crippen molar-refractivity contribution in [2.24, 2.45) is 0 Å². The molecule has 3 aromatic rings. The van der Waals surface area contributed by atoms with Crippen LogP contribution in [-0.4, -0.2) is 37.6 Å². The van der Waals surface area contributed by atoms with E-state index in [9.17, 15) is 13.6 Å². The molecule has 0 aliphatic carbocycles. The summed E-state index contributed by atoms with van der Waals surface area (Å²) < 4.78 is 26.8. The van der Waals surface area contributed by atoms with Crippen LogP contribution in [0.2, 0.25) is 0 Å². The molecule has 1 N–H and O–H groups in total. The lowest BCUT2D eigenvalue weighted by Gasteiger charge is -2.10. The van der Waals surface area contributed by atoms with Crippen molar-refractivity contribution >= 4 is 35.1 Å². The van der Waals surface area contributed by atoms with Crippen LogP contribution in [0.15, 0.2) is 58.6 Å². The molecule has 0 atom stereocenters. The summed E-state index contributed by atoms with van der Waals surface area (Å²) in [6.07, 6.45) is 0. The van der Waals surface area contributed by atoms with E-state index in [1.54, 1.807) is 18.2 Å². The number of amides is 1. The Balaban J connectivity index is 1.64. The van der Waals surface area contributed by atoms with Crippen molar-refractivity contribution in [3.63, 3.8) is 0 Å². The summed E-state index contributed by atoms with van der Waals surface area (Å²) in [6, 6.07) is 14.1. The van der Waals surface area contributed by atoms with Gasteiger partial charge >= 0.3 is 0 Å². The zero-order chi connectivity index (χ0) is 19.2. The highest BCUT2D eigenvalue weighted by Gasteiger charge is 2.14. The maximum Gasteiger partial charge on any atom is 0.288 e. The van der Waals surface area contributed by atoms with Crippen LogP contribution < -0.4 is 5.32 Å². The number of para-hydroxylation sites is 1. The lowest BCUT2D eigenvalue weighted by Crippen LogP contribution is -2.15. The topological polar surface area (TPSA) is 72.7 Å². The second-order valence-corrected chi connectivity index (χ2v) is 7.39. The van der Waals surface area contributed by atoms with Gasteiger partial charge in [-0.15, -0.1) is 5.10 Å². The third kappa shape index (κ3) is 5.27. The van der Waals surface area contributed by atoms with Crippen LogP contribution in [0.5, 0.6) is 0 Å². The van der Waals surface area contributed by atoms with Crippen molar-refractivity contribution in [2.45, 2.75) is 22.7 Å². The number of tetrazole rings is 1. The maximum absolute atomic E-state index is 12.6. The minimum absolute atomic E-state index is 0.0416. The molecule has 2 aromatic carbocycles. The average Bonchev–Trinajstić information content (AvgIpc) is 3.10. The van der Waals surface area contributed by atoms with Crippen molar-refractivity contribution < 1.29 is 13.6 Å². The number of thioether (sulfide) groups is 2. The molecular formula is C17H15F2N5OS2. The van der Waals surface area contributed by atoms with Crippen molar-refractivity contribution in [1.82, 2.24) is 20.2 Å². The van der Waals surface area contributed by atoms with Gasteiger partial charge in [0.25, 0.3) is 5.76 Å². The molecule has 0 bridgehead atoms.